The van der Waals surface area contributed by atoms with Crippen molar-refractivity contribution in [2.24, 2.45) is 0 Å². The Morgan fingerprint density at radius 1 is 1.11 bits per heavy atom. The summed E-state index contributed by atoms with van der Waals surface area (Å²) in [5.74, 6) is 0. The molecular formula is C16H14BrNO. The van der Waals surface area contributed by atoms with Crippen LogP contribution in [0.4, 0.5) is 0 Å². The molecule has 2 nitrogen and oxygen atoms in total. The number of nitriles is 1. The number of halogens is 1. The third-order valence-corrected chi connectivity index (χ3v) is 3.63. The Balaban J connectivity index is 2.21. The van der Waals surface area contributed by atoms with Crippen LogP contribution in [0.5, 0.6) is 0 Å². The second-order valence-electron chi connectivity index (χ2n) is 4.77. The maximum Gasteiger partial charge on any atom is 0.0991 e. The lowest BCUT2D eigenvalue weighted by molar-refractivity contribution is 0.0576. The van der Waals surface area contributed by atoms with Gasteiger partial charge in [0.1, 0.15) is 0 Å². The number of hydrogen-bond acceptors (Lipinski definition) is 2. The third-order valence-electron chi connectivity index (χ3n) is 3.10. The molecule has 1 N–H and O–H groups in total. The van der Waals surface area contributed by atoms with Crippen molar-refractivity contribution in [2.45, 2.75) is 18.9 Å². The molecule has 0 aromatic heterocycles. The van der Waals surface area contributed by atoms with Crippen molar-refractivity contribution in [1.82, 2.24) is 0 Å². The molecule has 0 saturated heterocycles. The van der Waals surface area contributed by atoms with Crippen LogP contribution in [0.1, 0.15) is 23.6 Å². The molecule has 3 heteroatoms. The Labute approximate surface area is 121 Å². The molecule has 0 aliphatic rings. The topological polar surface area (TPSA) is 44.0 Å². The van der Waals surface area contributed by atoms with Crippen molar-refractivity contribution in [2.75, 3.05) is 0 Å². The number of hydrogen-bond donors (Lipinski definition) is 1. The lowest BCUT2D eigenvalue weighted by Gasteiger charge is -2.24. The van der Waals surface area contributed by atoms with E-state index >= 15 is 0 Å². The first kappa shape index (κ1) is 13.8. The van der Waals surface area contributed by atoms with Gasteiger partial charge < -0.3 is 5.11 Å². The van der Waals surface area contributed by atoms with Crippen LogP contribution in [0.15, 0.2) is 53.0 Å². The van der Waals surface area contributed by atoms with Crippen molar-refractivity contribution in [3.8, 4) is 6.07 Å². The van der Waals surface area contributed by atoms with Gasteiger partial charge in [-0.05, 0) is 42.3 Å². The lowest BCUT2D eigenvalue weighted by Crippen LogP contribution is -2.24. The molecule has 2 rings (SSSR count). The van der Waals surface area contributed by atoms with E-state index in [1.54, 1.807) is 31.2 Å². The molecule has 2 aromatic rings. The van der Waals surface area contributed by atoms with Crippen LogP contribution in [0.25, 0.3) is 0 Å². The third kappa shape index (κ3) is 3.44. The zero-order valence-electron chi connectivity index (χ0n) is 10.6. The van der Waals surface area contributed by atoms with Crippen molar-refractivity contribution < 1.29 is 5.11 Å². The van der Waals surface area contributed by atoms with E-state index in [9.17, 15) is 5.11 Å². The molecule has 0 bridgehead atoms. The quantitative estimate of drug-likeness (QED) is 0.937. The second kappa shape index (κ2) is 5.56. The van der Waals surface area contributed by atoms with Crippen LogP contribution in [0.3, 0.4) is 0 Å². The van der Waals surface area contributed by atoms with Crippen LogP contribution in [0.2, 0.25) is 0 Å². The normalized spacial score (nSPS) is 13.6. The van der Waals surface area contributed by atoms with Gasteiger partial charge in [0.15, 0.2) is 0 Å². The second-order valence-corrected chi connectivity index (χ2v) is 5.68. The maximum atomic E-state index is 10.6. The fourth-order valence-electron chi connectivity index (χ4n) is 2.01. The van der Waals surface area contributed by atoms with Crippen LogP contribution >= 0.6 is 15.9 Å². The molecule has 1 unspecified atom stereocenters. The van der Waals surface area contributed by atoms with E-state index in [4.69, 9.17) is 5.26 Å². The highest BCUT2D eigenvalue weighted by Crippen LogP contribution is 2.26. The van der Waals surface area contributed by atoms with Crippen LogP contribution in [-0.4, -0.2) is 5.11 Å². The Bertz CT molecular complexity index is 594. The van der Waals surface area contributed by atoms with Crippen molar-refractivity contribution in [1.29, 1.82) is 5.26 Å². The highest BCUT2D eigenvalue weighted by molar-refractivity contribution is 9.10. The monoisotopic (exact) mass is 315 g/mol. The summed E-state index contributed by atoms with van der Waals surface area (Å²) in [6, 6.07) is 17.0. The number of benzene rings is 2. The minimum Gasteiger partial charge on any atom is -0.385 e. The molecule has 0 aliphatic heterocycles. The van der Waals surface area contributed by atoms with Crippen LogP contribution < -0.4 is 0 Å². The van der Waals surface area contributed by atoms with Gasteiger partial charge in [-0.2, -0.15) is 5.26 Å². The minimum absolute atomic E-state index is 0.534. The van der Waals surface area contributed by atoms with Gasteiger partial charge in [0.05, 0.1) is 17.2 Å². The van der Waals surface area contributed by atoms with Gasteiger partial charge in [-0.15, -0.1) is 0 Å². The van der Waals surface area contributed by atoms with Gasteiger partial charge in [-0.1, -0.05) is 40.2 Å². The molecule has 0 fully saturated rings. The first-order valence-corrected chi connectivity index (χ1v) is 6.78. The van der Waals surface area contributed by atoms with E-state index in [0.717, 1.165) is 15.6 Å². The Kier molecular flexibility index (Phi) is 4.04. The number of nitrogens with zero attached hydrogens (tertiary/aromatic N) is 1. The minimum atomic E-state index is -0.943. The van der Waals surface area contributed by atoms with Crippen molar-refractivity contribution >= 4 is 15.9 Å². The molecule has 0 heterocycles. The van der Waals surface area contributed by atoms with Crippen molar-refractivity contribution in [3.63, 3.8) is 0 Å². The van der Waals surface area contributed by atoms with Gasteiger partial charge in [-0.3, -0.25) is 0 Å². The molecule has 0 amide bonds. The summed E-state index contributed by atoms with van der Waals surface area (Å²) >= 11 is 3.39. The van der Waals surface area contributed by atoms with E-state index in [-0.39, 0.29) is 0 Å². The zero-order chi connectivity index (χ0) is 13.9. The van der Waals surface area contributed by atoms with Gasteiger partial charge >= 0.3 is 0 Å². The fourth-order valence-corrected chi connectivity index (χ4v) is 2.27. The standard InChI is InChI=1S/C16H14BrNO/c1-16(19,10-12-4-8-15(17)9-5-12)14-6-2-13(11-18)3-7-14/h2-9,19H,10H2,1H3. The number of aliphatic hydroxyl groups is 1. The van der Waals surface area contributed by atoms with Crippen LogP contribution in [0, 0.1) is 11.3 Å². The Morgan fingerprint density at radius 2 is 1.68 bits per heavy atom. The predicted molar refractivity (Wildman–Crippen MR) is 78.6 cm³/mol. The summed E-state index contributed by atoms with van der Waals surface area (Å²) in [6.45, 7) is 1.79. The smallest absolute Gasteiger partial charge is 0.0991 e. The summed E-state index contributed by atoms with van der Waals surface area (Å²) < 4.78 is 1.02. The SMILES string of the molecule is CC(O)(Cc1ccc(Br)cc1)c1ccc(C#N)cc1. The maximum absolute atomic E-state index is 10.6. The summed E-state index contributed by atoms with van der Waals surface area (Å²) in [7, 11) is 0. The molecule has 2 aromatic carbocycles. The predicted octanol–water partition coefficient (Wildman–Crippen LogP) is 3.77. The molecule has 0 saturated carbocycles. The summed E-state index contributed by atoms with van der Waals surface area (Å²) in [4.78, 5) is 0. The van der Waals surface area contributed by atoms with Gasteiger partial charge in [0, 0.05) is 10.9 Å². The van der Waals surface area contributed by atoms with Gasteiger partial charge in [-0.25, -0.2) is 0 Å². The highest BCUT2D eigenvalue weighted by Gasteiger charge is 2.23. The molecule has 19 heavy (non-hydrogen) atoms. The molecule has 0 aliphatic carbocycles. The van der Waals surface area contributed by atoms with E-state index in [0.29, 0.717) is 12.0 Å². The summed E-state index contributed by atoms with van der Waals surface area (Å²) in [5.41, 5.74) is 1.54. The van der Waals surface area contributed by atoms with E-state index in [2.05, 4.69) is 22.0 Å². The first-order valence-electron chi connectivity index (χ1n) is 5.99. The molecule has 0 radical (unpaired) electrons. The van der Waals surface area contributed by atoms with E-state index in [1.165, 1.54) is 0 Å². The first-order chi connectivity index (χ1) is 9.01. The van der Waals surface area contributed by atoms with E-state index in [1.807, 2.05) is 24.3 Å². The highest BCUT2D eigenvalue weighted by atomic mass is 79.9. The molecule has 0 spiro atoms. The summed E-state index contributed by atoms with van der Waals surface area (Å²) in [5, 5.41) is 19.4. The Morgan fingerprint density at radius 3 is 2.21 bits per heavy atom. The average molecular weight is 316 g/mol. The average Bonchev–Trinajstić information content (AvgIpc) is 2.41. The summed E-state index contributed by atoms with van der Waals surface area (Å²) in [6.07, 6.45) is 0.534. The number of rotatable bonds is 3. The fraction of sp³-hybridized carbons (Fsp3) is 0.188. The van der Waals surface area contributed by atoms with Gasteiger partial charge in [0.2, 0.25) is 0 Å². The van der Waals surface area contributed by atoms with Gasteiger partial charge in [0.25, 0.3) is 0 Å². The molecule has 1 atom stereocenters. The van der Waals surface area contributed by atoms with Crippen LogP contribution in [-0.2, 0) is 12.0 Å². The molecule has 96 valence electrons. The Hall–Kier alpha value is -1.63. The van der Waals surface area contributed by atoms with E-state index < -0.39 is 5.60 Å². The largest absolute Gasteiger partial charge is 0.385 e. The molecular weight excluding hydrogens is 302 g/mol. The zero-order valence-corrected chi connectivity index (χ0v) is 12.2. The van der Waals surface area contributed by atoms with Crippen molar-refractivity contribution in [3.05, 3.63) is 69.7 Å². The lowest BCUT2D eigenvalue weighted by atomic mass is 9.89.